The van der Waals surface area contributed by atoms with Gasteiger partial charge in [0.25, 0.3) is 6.71 Å². The van der Waals surface area contributed by atoms with Gasteiger partial charge in [-0.05, 0) is 110 Å². The quantitative estimate of drug-likeness (QED) is 0.162. The van der Waals surface area contributed by atoms with Crippen LogP contribution in [0.25, 0.3) is 66.1 Å². The Morgan fingerprint density at radius 2 is 0.877 bits per heavy atom. The molecule has 0 N–H and O–H groups in total. The lowest BCUT2D eigenvalue weighted by atomic mass is 9.33. The van der Waals surface area contributed by atoms with E-state index < -0.39 is 0 Å². The van der Waals surface area contributed by atoms with Crippen molar-refractivity contribution >= 4 is 101 Å². The molecule has 4 aliphatic rings. The monoisotopic (exact) mass is 832 g/mol. The number of benzene rings is 9. The van der Waals surface area contributed by atoms with Gasteiger partial charge < -0.3 is 18.6 Å². The molecule has 0 unspecified atom stereocenters. The van der Waals surface area contributed by atoms with Crippen molar-refractivity contribution in [2.75, 3.05) is 9.80 Å². The van der Waals surface area contributed by atoms with Gasteiger partial charge >= 0.3 is 0 Å². The van der Waals surface area contributed by atoms with Crippen molar-refractivity contribution < 1.29 is 8.83 Å². The lowest BCUT2D eigenvalue weighted by molar-refractivity contribution is 0.620. The van der Waals surface area contributed by atoms with E-state index in [0.717, 1.165) is 78.0 Å². The SMILES string of the molecule is CC1(C)c2ccccc2-c2cc3c(cc21)oc1c(N2c4ccccc4B4c5ccccc5N(c5cccc6c5oc5c7c(ccc56)-c5ccccc5C7(C)C)c5cccc2c54)cccc13. The Balaban J connectivity index is 0.962. The maximum atomic E-state index is 7.29. The highest BCUT2D eigenvalue weighted by Crippen LogP contribution is 2.55. The van der Waals surface area contributed by atoms with Crippen LogP contribution in [0.1, 0.15) is 49.9 Å². The molecule has 4 heterocycles. The van der Waals surface area contributed by atoms with Crippen LogP contribution in [0.2, 0.25) is 0 Å². The molecule has 0 bridgehead atoms. The predicted octanol–water partition coefficient (Wildman–Crippen LogP) is 14.2. The van der Waals surface area contributed by atoms with Crippen LogP contribution in [0.15, 0.2) is 185 Å². The smallest absolute Gasteiger partial charge is 0.252 e. The first-order chi connectivity index (χ1) is 31.8. The number of anilines is 6. The number of hydrogen-bond donors (Lipinski definition) is 0. The molecule has 5 heteroatoms. The molecular formula is C60H41BN2O2. The van der Waals surface area contributed by atoms with Crippen LogP contribution in [0.5, 0.6) is 0 Å². The van der Waals surface area contributed by atoms with Crippen molar-refractivity contribution in [1.29, 1.82) is 0 Å². The van der Waals surface area contributed by atoms with E-state index in [1.54, 1.807) is 0 Å². The van der Waals surface area contributed by atoms with Crippen LogP contribution in [-0.4, -0.2) is 6.71 Å². The van der Waals surface area contributed by atoms with E-state index in [4.69, 9.17) is 8.83 Å². The molecule has 15 rings (SSSR count). The van der Waals surface area contributed by atoms with Crippen LogP contribution < -0.4 is 26.2 Å². The van der Waals surface area contributed by atoms with Crippen LogP contribution in [0, 0.1) is 0 Å². The molecule has 2 aromatic heterocycles. The fourth-order valence-electron chi connectivity index (χ4n) is 12.8. The molecule has 0 saturated carbocycles. The molecule has 0 saturated heterocycles. The summed E-state index contributed by atoms with van der Waals surface area (Å²) in [5, 5.41) is 4.53. The van der Waals surface area contributed by atoms with Gasteiger partial charge in [0, 0.05) is 60.7 Å². The summed E-state index contributed by atoms with van der Waals surface area (Å²) < 4.78 is 14.4. The second-order valence-electron chi connectivity index (χ2n) is 19.5. The minimum Gasteiger partial charge on any atom is -0.454 e. The van der Waals surface area contributed by atoms with E-state index in [-0.39, 0.29) is 17.5 Å². The van der Waals surface area contributed by atoms with E-state index >= 15 is 0 Å². The van der Waals surface area contributed by atoms with E-state index in [0.29, 0.717) is 0 Å². The molecule has 306 valence electrons. The summed E-state index contributed by atoms with van der Waals surface area (Å²) in [5.74, 6) is 0. The van der Waals surface area contributed by atoms with Gasteiger partial charge in [0.2, 0.25) is 0 Å². The lowest BCUT2D eigenvalue weighted by Gasteiger charge is -2.43. The van der Waals surface area contributed by atoms with E-state index in [9.17, 15) is 0 Å². The third-order valence-electron chi connectivity index (χ3n) is 15.6. The van der Waals surface area contributed by atoms with Crippen molar-refractivity contribution in [3.8, 4) is 22.3 Å². The van der Waals surface area contributed by atoms with Gasteiger partial charge in [0.05, 0.1) is 11.4 Å². The Morgan fingerprint density at radius 1 is 0.369 bits per heavy atom. The van der Waals surface area contributed by atoms with Gasteiger partial charge in [0.1, 0.15) is 11.2 Å². The third-order valence-corrected chi connectivity index (χ3v) is 15.6. The summed E-state index contributed by atoms with van der Waals surface area (Å²) in [6.45, 7) is 9.35. The molecule has 0 radical (unpaired) electrons. The average Bonchev–Trinajstić information content (AvgIpc) is 4.03. The lowest BCUT2D eigenvalue weighted by Crippen LogP contribution is -2.61. The van der Waals surface area contributed by atoms with Gasteiger partial charge in [0.15, 0.2) is 11.2 Å². The highest BCUT2D eigenvalue weighted by molar-refractivity contribution is 7.00. The van der Waals surface area contributed by atoms with Crippen LogP contribution in [-0.2, 0) is 10.8 Å². The van der Waals surface area contributed by atoms with Crippen molar-refractivity contribution in [3.05, 3.63) is 198 Å². The topological polar surface area (TPSA) is 32.8 Å². The second kappa shape index (κ2) is 12.1. The molecule has 9 aromatic carbocycles. The highest BCUT2D eigenvalue weighted by atomic mass is 16.3. The van der Waals surface area contributed by atoms with E-state index in [1.807, 2.05) is 0 Å². The highest BCUT2D eigenvalue weighted by Gasteiger charge is 2.45. The third kappa shape index (κ3) is 4.34. The van der Waals surface area contributed by atoms with Crippen molar-refractivity contribution in [3.63, 3.8) is 0 Å². The first kappa shape index (κ1) is 35.7. The van der Waals surface area contributed by atoms with Gasteiger partial charge in [-0.25, -0.2) is 0 Å². The first-order valence-corrected chi connectivity index (χ1v) is 22.9. The molecule has 0 fully saturated rings. The van der Waals surface area contributed by atoms with Gasteiger partial charge in [-0.3, -0.25) is 0 Å². The Bertz CT molecular complexity index is 3940. The normalized spacial score (nSPS) is 15.5. The zero-order valence-corrected chi connectivity index (χ0v) is 36.5. The molecule has 65 heavy (non-hydrogen) atoms. The van der Waals surface area contributed by atoms with Gasteiger partial charge in [-0.2, -0.15) is 0 Å². The molecule has 0 spiro atoms. The maximum absolute atomic E-state index is 7.29. The molecule has 11 aromatic rings. The van der Waals surface area contributed by atoms with E-state index in [1.165, 1.54) is 60.9 Å². The number of nitrogens with zero attached hydrogens (tertiary/aromatic N) is 2. The summed E-state index contributed by atoms with van der Waals surface area (Å²) in [6, 6.07) is 65.0. The molecule has 2 aliphatic carbocycles. The summed E-state index contributed by atoms with van der Waals surface area (Å²) in [4.78, 5) is 4.92. The van der Waals surface area contributed by atoms with Crippen LogP contribution in [0.3, 0.4) is 0 Å². The Kier molecular flexibility index (Phi) is 6.63. The zero-order chi connectivity index (χ0) is 43.1. The predicted molar refractivity (Wildman–Crippen MR) is 270 cm³/mol. The van der Waals surface area contributed by atoms with Gasteiger partial charge in [-0.1, -0.05) is 149 Å². The molecule has 4 nitrogen and oxygen atoms in total. The number of para-hydroxylation sites is 4. The molecule has 0 atom stereocenters. The minimum atomic E-state index is -0.204. The van der Waals surface area contributed by atoms with Crippen molar-refractivity contribution in [2.24, 2.45) is 0 Å². The van der Waals surface area contributed by atoms with Crippen LogP contribution in [0.4, 0.5) is 34.1 Å². The minimum absolute atomic E-state index is 0.0127. The number of fused-ring (bicyclic) bond motifs is 17. The Hall–Kier alpha value is -7.76. The summed E-state index contributed by atoms with van der Waals surface area (Å²) >= 11 is 0. The van der Waals surface area contributed by atoms with Crippen molar-refractivity contribution in [1.82, 2.24) is 0 Å². The summed E-state index contributed by atoms with van der Waals surface area (Å²) in [7, 11) is 0. The first-order valence-electron chi connectivity index (χ1n) is 22.9. The van der Waals surface area contributed by atoms with Crippen molar-refractivity contribution in [2.45, 2.75) is 38.5 Å². The van der Waals surface area contributed by atoms with Gasteiger partial charge in [-0.15, -0.1) is 0 Å². The second-order valence-corrected chi connectivity index (χ2v) is 19.5. The number of hydrogen-bond acceptors (Lipinski definition) is 4. The Morgan fingerprint density at radius 3 is 1.55 bits per heavy atom. The summed E-state index contributed by atoms with van der Waals surface area (Å²) in [6.07, 6.45) is 0. The molecular weight excluding hydrogens is 791 g/mol. The van der Waals surface area contributed by atoms with E-state index in [2.05, 4.69) is 213 Å². The molecule has 2 aliphatic heterocycles. The molecule has 0 amide bonds. The summed E-state index contributed by atoms with van der Waals surface area (Å²) in [5.41, 5.74) is 24.3. The standard InChI is InChI=1S/C60H41BN2O2/c1-59(2)42-20-7-6-17-35(42)40-32-41-38-19-14-28-51(56(38)64-53(41)33-44(40)59)62-47-24-11-9-22-45(47)61-46-23-10-12-25-48(46)63(50-27-15-26-49(62)55(50)61)52-29-13-18-37-39-31-30-36-34-16-5-8-21-43(34)60(3,4)54(36)58(39)65-57(37)52/h5-33H,1-4H3. The number of rotatable bonds is 2. The number of furan rings is 2. The largest absolute Gasteiger partial charge is 0.454 e. The fourth-order valence-corrected chi connectivity index (χ4v) is 12.8. The zero-order valence-electron chi connectivity index (χ0n) is 36.5. The Labute approximate surface area is 377 Å². The maximum Gasteiger partial charge on any atom is 0.252 e. The van der Waals surface area contributed by atoms with Crippen LogP contribution >= 0.6 is 0 Å². The fraction of sp³-hybridized carbons (Fsp3) is 0.100. The average molecular weight is 833 g/mol.